The normalized spacial score (nSPS) is 26.5. The fourth-order valence-corrected chi connectivity index (χ4v) is 12.5. The zero-order chi connectivity index (χ0) is 32.1. The topological polar surface area (TPSA) is 172 Å². The quantitative estimate of drug-likeness (QED) is 0.0808. The summed E-state index contributed by atoms with van der Waals surface area (Å²) in [5, 5.41) is 13.6. The molecule has 2 unspecified atom stereocenters. The van der Waals surface area contributed by atoms with Crippen LogP contribution in [0.2, 0.25) is 0 Å². The molecule has 0 heterocycles. The van der Waals surface area contributed by atoms with Gasteiger partial charge in [0, 0.05) is 12.6 Å². The molecule has 15 heteroatoms. The second-order valence-corrected chi connectivity index (χ2v) is 17.3. The Morgan fingerprint density at radius 2 is 1.64 bits per heavy atom. The van der Waals surface area contributed by atoms with Gasteiger partial charge in [-0.2, -0.15) is 12.8 Å². The number of nitrogens with zero attached hydrogens (tertiary/aromatic N) is 1. The van der Waals surface area contributed by atoms with E-state index in [9.17, 15) is 31.3 Å². The van der Waals surface area contributed by atoms with Gasteiger partial charge < -0.3 is 23.9 Å². The Bertz CT molecular complexity index is 1690. The maximum atomic E-state index is 13.6. The highest BCUT2D eigenvalue weighted by atomic mass is 127. The van der Waals surface area contributed by atoms with E-state index in [4.69, 9.17) is 14.2 Å². The molecule has 44 heavy (non-hydrogen) atoms. The second-order valence-electron chi connectivity index (χ2n) is 12.1. The highest BCUT2D eigenvalue weighted by Gasteiger charge is 2.58. The minimum absolute atomic E-state index is 0.0369. The Morgan fingerprint density at radius 3 is 2.23 bits per heavy atom. The molecule has 0 spiro atoms. The van der Waals surface area contributed by atoms with Crippen LogP contribution in [0, 0.1) is 38.2 Å². The summed E-state index contributed by atoms with van der Waals surface area (Å²) in [6, 6.07) is 7.64. The third kappa shape index (κ3) is 7.21. The lowest BCUT2D eigenvalue weighted by Gasteiger charge is -2.62. The summed E-state index contributed by atoms with van der Waals surface area (Å²) in [7, 11) is -8.82. The van der Waals surface area contributed by atoms with Crippen molar-refractivity contribution in [3.63, 3.8) is 0 Å². The number of esters is 1. The zero-order valence-electron chi connectivity index (χ0n) is 24.0. The van der Waals surface area contributed by atoms with Gasteiger partial charge in [0.15, 0.2) is 6.61 Å². The molecular weight excluding hydrogens is 840 g/mol. The van der Waals surface area contributed by atoms with E-state index in [0.29, 0.717) is 24.8 Å². The number of hydrogen-bond acceptors (Lipinski definition) is 10. The van der Waals surface area contributed by atoms with Crippen molar-refractivity contribution < 1.29 is 45.5 Å². The van der Waals surface area contributed by atoms with Gasteiger partial charge in [-0.15, -0.1) is 0 Å². The SMILES string of the molecule is Cc1ccc(S(=O)(=O)/N=C(\[O-])C23CC4CC(CC(OCCOC(=O)COc5cc(I)c(S(=O)(=O)[O-])c(I)c5)(C4)C2)C3)c(C)c1. The Hall–Kier alpha value is -1.54. The maximum absolute atomic E-state index is 13.6. The van der Waals surface area contributed by atoms with Crippen molar-refractivity contribution in [3.05, 3.63) is 48.6 Å². The first kappa shape index (κ1) is 33.8. The highest BCUT2D eigenvalue weighted by Crippen LogP contribution is 2.63. The predicted molar refractivity (Wildman–Crippen MR) is 173 cm³/mol. The van der Waals surface area contributed by atoms with Gasteiger partial charge in [0.1, 0.15) is 22.5 Å². The monoisotopic (exact) mass is 871 g/mol. The first-order chi connectivity index (χ1) is 20.5. The lowest BCUT2D eigenvalue weighted by atomic mass is 9.47. The van der Waals surface area contributed by atoms with Crippen LogP contribution < -0.4 is 9.84 Å². The highest BCUT2D eigenvalue weighted by molar-refractivity contribution is 14.1. The number of halogens is 2. The Balaban J connectivity index is 1.18. The molecule has 4 saturated carbocycles. The number of sulfonamides is 1. The summed E-state index contributed by atoms with van der Waals surface area (Å²) in [6.07, 6.45) is 4.03. The first-order valence-corrected chi connectivity index (χ1v) is 19.0. The van der Waals surface area contributed by atoms with Crippen LogP contribution in [-0.2, 0) is 34.4 Å². The van der Waals surface area contributed by atoms with Crippen molar-refractivity contribution >= 4 is 77.2 Å². The number of carbonyl (C=O) groups excluding carboxylic acids is 1. The van der Waals surface area contributed by atoms with Gasteiger partial charge in [0.2, 0.25) is 0 Å². The third-order valence-corrected chi connectivity index (χ3v) is 13.4. The molecule has 11 nitrogen and oxygen atoms in total. The first-order valence-electron chi connectivity index (χ1n) is 14.0. The fourth-order valence-electron chi connectivity index (χ4n) is 7.40. The molecule has 4 fully saturated rings. The number of hydrogen-bond donors (Lipinski definition) is 0. The van der Waals surface area contributed by atoms with Crippen molar-refractivity contribution in [1.29, 1.82) is 0 Å². The van der Waals surface area contributed by atoms with Gasteiger partial charge in [-0.25, -0.2) is 13.2 Å². The van der Waals surface area contributed by atoms with Gasteiger partial charge >= 0.3 is 5.97 Å². The number of rotatable bonds is 11. The zero-order valence-corrected chi connectivity index (χ0v) is 30.0. The molecule has 2 aromatic rings. The van der Waals surface area contributed by atoms with Gasteiger partial charge in [-0.1, -0.05) is 17.7 Å². The summed E-state index contributed by atoms with van der Waals surface area (Å²) >= 11 is 3.44. The van der Waals surface area contributed by atoms with Crippen molar-refractivity contribution in [2.24, 2.45) is 21.6 Å². The maximum Gasteiger partial charge on any atom is 0.344 e. The third-order valence-electron chi connectivity index (χ3n) is 8.61. The van der Waals surface area contributed by atoms with Crippen molar-refractivity contribution in [2.45, 2.75) is 67.8 Å². The van der Waals surface area contributed by atoms with Crippen LogP contribution in [0.5, 0.6) is 5.75 Å². The van der Waals surface area contributed by atoms with E-state index in [2.05, 4.69) is 4.40 Å². The number of aryl methyl sites for hydroxylation is 2. The molecule has 2 aromatic carbocycles. The molecule has 240 valence electrons. The molecule has 0 aromatic heterocycles. The summed E-state index contributed by atoms with van der Waals surface area (Å²) in [5.74, 6) is -0.597. The molecule has 0 N–H and O–H groups in total. The van der Waals surface area contributed by atoms with E-state index >= 15 is 0 Å². The summed E-state index contributed by atoms with van der Waals surface area (Å²) in [4.78, 5) is 12.0. The number of carbonyl (C=O) groups is 1. The van der Waals surface area contributed by atoms with E-state index in [1.807, 2.05) is 6.92 Å². The minimum atomic E-state index is -4.65. The largest absolute Gasteiger partial charge is 0.861 e. The van der Waals surface area contributed by atoms with Crippen molar-refractivity contribution in [1.82, 2.24) is 0 Å². The molecule has 6 rings (SSSR count). The van der Waals surface area contributed by atoms with E-state index < -0.39 is 49.6 Å². The molecule has 0 radical (unpaired) electrons. The van der Waals surface area contributed by atoms with Crippen LogP contribution >= 0.6 is 45.2 Å². The lowest BCUT2D eigenvalue weighted by Crippen LogP contribution is -2.61. The lowest BCUT2D eigenvalue weighted by molar-refractivity contribution is -0.256. The average molecular weight is 872 g/mol. The van der Waals surface area contributed by atoms with Crippen molar-refractivity contribution in [2.75, 3.05) is 19.8 Å². The number of ether oxygens (including phenoxy) is 3. The standard InChI is InChI=1S/C29H33I2NO10S2/c1-17-3-4-24(18(2)7-17)43(35,36)32-27(34)28-11-19-8-20(12-28)14-29(13-19,16-28)42-6-5-40-25(33)15-41-21-9-22(30)26(23(31)10-21)44(37,38)39/h3-4,7,9-10,19-20H,5-6,8,11-16H2,1-2H3,(H,32,34)(H,37,38,39)/p-2. The molecule has 4 aliphatic rings. The Kier molecular flexibility index (Phi) is 9.67. The number of benzene rings is 2. The summed E-state index contributed by atoms with van der Waals surface area (Å²) < 4.78 is 81.8. The van der Waals surface area contributed by atoms with Gasteiger partial charge in [-0.05, 0) is 139 Å². The van der Waals surface area contributed by atoms with E-state index in [1.54, 1.807) is 64.2 Å². The molecule has 4 aliphatic carbocycles. The van der Waals surface area contributed by atoms with Crippen LogP contribution in [0.15, 0.2) is 44.5 Å². The minimum Gasteiger partial charge on any atom is -0.861 e. The van der Waals surface area contributed by atoms with Gasteiger partial charge in [0.25, 0.3) is 10.0 Å². The van der Waals surface area contributed by atoms with Crippen LogP contribution in [0.25, 0.3) is 0 Å². The van der Waals surface area contributed by atoms with Crippen LogP contribution in [0.4, 0.5) is 0 Å². The smallest absolute Gasteiger partial charge is 0.344 e. The molecule has 0 amide bonds. The van der Waals surface area contributed by atoms with E-state index in [-0.39, 0.29) is 47.7 Å². The van der Waals surface area contributed by atoms with Crippen molar-refractivity contribution in [3.8, 4) is 5.75 Å². The molecule has 0 saturated heterocycles. The molecular formula is C29H31I2NO10S2-2. The summed E-state index contributed by atoms with van der Waals surface area (Å²) in [5.41, 5.74) is -0.0414. The van der Waals surface area contributed by atoms with E-state index in [0.717, 1.165) is 24.8 Å². The van der Waals surface area contributed by atoms with Crippen LogP contribution in [-0.4, -0.2) is 58.7 Å². The van der Waals surface area contributed by atoms with Gasteiger partial charge in [0.05, 0.1) is 22.0 Å². The van der Waals surface area contributed by atoms with E-state index in [1.165, 1.54) is 18.2 Å². The summed E-state index contributed by atoms with van der Waals surface area (Å²) in [6.45, 7) is 3.17. The van der Waals surface area contributed by atoms with Crippen LogP contribution in [0.3, 0.4) is 0 Å². The van der Waals surface area contributed by atoms with Gasteiger partial charge in [-0.3, -0.25) is 0 Å². The fraction of sp³-hybridized carbons (Fsp3) is 0.517. The van der Waals surface area contributed by atoms with Crippen LogP contribution in [0.1, 0.15) is 49.7 Å². The average Bonchev–Trinajstić information content (AvgIpc) is 2.87. The Morgan fingerprint density at radius 1 is 1.00 bits per heavy atom. The Labute approximate surface area is 284 Å². The molecule has 2 atom stereocenters. The second kappa shape index (κ2) is 12.6. The molecule has 4 bridgehead atoms. The molecule has 0 aliphatic heterocycles. The predicted octanol–water partition coefficient (Wildman–Crippen LogP) is 3.84.